The molecule has 0 spiro atoms. The number of rotatable bonds is 1. The van der Waals surface area contributed by atoms with E-state index in [-0.39, 0.29) is 5.41 Å². The van der Waals surface area contributed by atoms with Crippen LogP contribution in [0.2, 0.25) is 0 Å². The molecule has 3 aromatic rings. The van der Waals surface area contributed by atoms with Crippen molar-refractivity contribution < 1.29 is 4.42 Å². The summed E-state index contributed by atoms with van der Waals surface area (Å²) < 4.78 is 5.79. The molecule has 1 heteroatoms. The standard InChI is InChI=1S/C19H20O/c1-13-10-16-17(19(2,3)4)12-20-18(16)11-15(13)14-8-6-5-7-9-14/h5-12H,1-4H3. The van der Waals surface area contributed by atoms with Gasteiger partial charge in [-0.15, -0.1) is 0 Å². The zero-order valence-electron chi connectivity index (χ0n) is 12.5. The first-order chi connectivity index (χ1) is 9.47. The number of fused-ring (bicyclic) bond motifs is 1. The van der Waals surface area contributed by atoms with Crippen LogP contribution in [0.3, 0.4) is 0 Å². The molecule has 0 saturated heterocycles. The quantitative estimate of drug-likeness (QED) is 0.549. The van der Waals surface area contributed by atoms with Gasteiger partial charge in [-0.1, -0.05) is 51.1 Å². The van der Waals surface area contributed by atoms with Crippen molar-refractivity contribution in [3.8, 4) is 11.1 Å². The van der Waals surface area contributed by atoms with Gasteiger partial charge in [-0.25, -0.2) is 0 Å². The fraction of sp³-hybridized carbons (Fsp3) is 0.263. The molecule has 102 valence electrons. The van der Waals surface area contributed by atoms with E-state index in [2.05, 4.69) is 64.1 Å². The van der Waals surface area contributed by atoms with Crippen LogP contribution in [0.25, 0.3) is 22.1 Å². The van der Waals surface area contributed by atoms with E-state index >= 15 is 0 Å². The maximum Gasteiger partial charge on any atom is 0.134 e. The average Bonchev–Trinajstić information content (AvgIpc) is 2.81. The van der Waals surface area contributed by atoms with Gasteiger partial charge in [0.25, 0.3) is 0 Å². The first-order valence-corrected chi connectivity index (χ1v) is 7.04. The Bertz CT molecular complexity index is 743. The van der Waals surface area contributed by atoms with Crippen LogP contribution in [0, 0.1) is 6.92 Å². The minimum Gasteiger partial charge on any atom is -0.464 e. The molecule has 0 amide bonds. The summed E-state index contributed by atoms with van der Waals surface area (Å²) in [5.74, 6) is 0. The maximum atomic E-state index is 5.79. The fourth-order valence-corrected chi connectivity index (χ4v) is 2.69. The van der Waals surface area contributed by atoms with Gasteiger partial charge in [-0.3, -0.25) is 0 Å². The van der Waals surface area contributed by atoms with Crippen LogP contribution in [0.4, 0.5) is 0 Å². The third kappa shape index (κ3) is 2.14. The summed E-state index contributed by atoms with van der Waals surface area (Å²) in [6.07, 6.45) is 1.90. The number of furan rings is 1. The second kappa shape index (κ2) is 4.52. The molecule has 0 unspecified atom stereocenters. The van der Waals surface area contributed by atoms with Crippen molar-refractivity contribution >= 4 is 11.0 Å². The van der Waals surface area contributed by atoms with E-state index in [0.29, 0.717) is 0 Å². The molecule has 3 rings (SSSR count). The normalized spacial score (nSPS) is 12.0. The van der Waals surface area contributed by atoms with Gasteiger partial charge in [0, 0.05) is 10.9 Å². The van der Waals surface area contributed by atoms with Crippen molar-refractivity contribution in [2.24, 2.45) is 0 Å². The van der Waals surface area contributed by atoms with Crippen LogP contribution < -0.4 is 0 Å². The molecule has 0 fully saturated rings. The summed E-state index contributed by atoms with van der Waals surface area (Å²) in [6, 6.07) is 14.9. The summed E-state index contributed by atoms with van der Waals surface area (Å²) in [5.41, 5.74) is 6.12. The van der Waals surface area contributed by atoms with Crippen LogP contribution in [0.1, 0.15) is 31.9 Å². The van der Waals surface area contributed by atoms with E-state index in [1.807, 2.05) is 12.3 Å². The number of aryl methyl sites for hydroxylation is 1. The minimum absolute atomic E-state index is 0.103. The van der Waals surface area contributed by atoms with Crippen molar-refractivity contribution in [1.82, 2.24) is 0 Å². The molecule has 1 nitrogen and oxygen atoms in total. The third-order valence-electron chi connectivity index (χ3n) is 3.81. The highest BCUT2D eigenvalue weighted by atomic mass is 16.3. The Labute approximate surface area is 120 Å². The molecule has 2 aromatic carbocycles. The molecule has 0 aliphatic heterocycles. The largest absolute Gasteiger partial charge is 0.464 e. The lowest BCUT2D eigenvalue weighted by molar-refractivity contribution is 0.557. The van der Waals surface area contributed by atoms with E-state index in [9.17, 15) is 0 Å². The molecule has 0 aliphatic rings. The van der Waals surface area contributed by atoms with Gasteiger partial charge in [-0.05, 0) is 41.2 Å². The Morgan fingerprint density at radius 2 is 1.65 bits per heavy atom. The zero-order valence-corrected chi connectivity index (χ0v) is 12.5. The molecule has 0 bridgehead atoms. The fourth-order valence-electron chi connectivity index (χ4n) is 2.69. The van der Waals surface area contributed by atoms with Crippen LogP contribution in [-0.2, 0) is 5.41 Å². The lowest BCUT2D eigenvalue weighted by atomic mass is 9.86. The van der Waals surface area contributed by atoms with E-state index < -0.39 is 0 Å². The summed E-state index contributed by atoms with van der Waals surface area (Å²) in [6.45, 7) is 8.83. The molecule has 0 aliphatic carbocycles. The van der Waals surface area contributed by atoms with Gasteiger partial charge >= 0.3 is 0 Å². The Balaban J connectivity index is 2.22. The van der Waals surface area contributed by atoms with Crippen molar-refractivity contribution in [3.05, 3.63) is 59.9 Å². The van der Waals surface area contributed by atoms with E-state index in [0.717, 1.165) is 5.58 Å². The van der Waals surface area contributed by atoms with Crippen molar-refractivity contribution in [2.75, 3.05) is 0 Å². The predicted octanol–water partition coefficient (Wildman–Crippen LogP) is 5.71. The Morgan fingerprint density at radius 1 is 0.950 bits per heavy atom. The molecule has 0 saturated carbocycles. The van der Waals surface area contributed by atoms with Crippen LogP contribution in [0.15, 0.2) is 53.1 Å². The zero-order chi connectivity index (χ0) is 14.3. The van der Waals surface area contributed by atoms with E-state index in [4.69, 9.17) is 4.42 Å². The lowest BCUT2D eigenvalue weighted by Gasteiger charge is -2.17. The van der Waals surface area contributed by atoms with E-state index in [1.165, 1.54) is 27.6 Å². The van der Waals surface area contributed by atoms with E-state index in [1.54, 1.807) is 0 Å². The lowest BCUT2D eigenvalue weighted by Crippen LogP contribution is -2.09. The van der Waals surface area contributed by atoms with Crippen molar-refractivity contribution in [3.63, 3.8) is 0 Å². The third-order valence-corrected chi connectivity index (χ3v) is 3.81. The van der Waals surface area contributed by atoms with Gasteiger partial charge in [0.2, 0.25) is 0 Å². The number of benzene rings is 2. The molecular weight excluding hydrogens is 244 g/mol. The first kappa shape index (κ1) is 13.0. The van der Waals surface area contributed by atoms with Gasteiger partial charge in [-0.2, -0.15) is 0 Å². The average molecular weight is 264 g/mol. The summed E-state index contributed by atoms with van der Waals surface area (Å²) >= 11 is 0. The highest BCUT2D eigenvalue weighted by Crippen LogP contribution is 2.35. The minimum atomic E-state index is 0.103. The second-order valence-corrected chi connectivity index (χ2v) is 6.43. The topological polar surface area (TPSA) is 13.1 Å². The molecule has 0 atom stereocenters. The molecule has 1 heterocycles. The molecule has 1 aromatic heterocycles. The Hall–Kier alpha value is -2.02. The molecular formula is C19H20O. The van der Waals surface area contributed by atoms with Crippen LogP contribution in [0.5, 0.6) is 0 Å². The molecule has 20 heavy (non-hydrogen) atoms. The van der Waals surface area contributed by atoms with Gasteiger partial charge in [0.15, 0.2) is 0 Å². The van der Waals surface area contributed by atoms with Crippen molar-refractivity contribution in [1.29, 1.82) is 0 Å². The number of hydrogen-bond donors (Lipinski definition) is 0. The maximum absolute atomic E-state index is 5.79. The monoisotopic (exact) mass is 264 g/mol. The highest BCUT2D eigenvalue weighted by Gasteiger charge is 2.20. The summed E-state index contributed by atoms with van der Waals surface area (Å²) in [4.78, 5) is 0. The van der Waals surface area contributed by atoms with Crippen LogP contribution >= 0.6 is 0 Å². The summed E-state index contributed by atoms with van der Waals surface area (Å²) in [5, 5.41) is 1.23. The predicted molar refractivity (Wildman–Crippen MR) is 85.1 cm³/mol. The Kier molecular flexibility index (Phi) is 2.93. The number of hydrogen-bond acceptors (Lipinski definition) is 1. The molecule has 0 radical (unpaired) electrons. The highest BCUT2D eigenvalue weighted by molar-refractivity contribution is 5.88. The smallest absolute Gasteiger partial charge is 0.134 e. The summed E-state index contributed by atoms with van der Waals surface area (Å²) in [7, 11) is 0. The van der Waals surface area contributed by atoms with Crippen LogP contribution in [-0.4, -0.2) is 0 Å². The Morgan fingerprint density at radius 3 is 2.30 bits per heavy atom. The SMILES string of the molecule is Cc1cc2c(C(C)(C)C)coc2cc1-c1ccccc1. The first-order valence-electron chi connectivity index (χ1n) is 7.04. The van der Waals surface area contributed by atoms with Gasteiger partial charge in [0.1, 0.15) is 5.58 Å². The molecule has 0 N–H and O–H groups in total. The van der Waals surface area contributed by atoms with Crippen molar-refractivity contribution in [2.45, 2.75) is 33.1 Å². The van der Waals surface area contributed by atoms with Gasteiger partial charge in [0.05, 0.1) is 6.26 Å². The van der Waals surface area contributed by atoms with Gasteiger partial charge < -0.3 is 4.42 Å². The second-order valence-electron chi connectivity index (χ2n) is 6.43.